The third kappa shape index (κ3) is 2.43. The SMILES string of the molecule is NCc1cccc(C2CCCCC2CF)c1. The summed E-state index contributed by atoms with van der Waals surface area (Å²) in [6, 6.07) is 8.36. The lowest BCUT2D eigenvalue weighted by molar-refractivity contribution is 0.245. The number of hydrogen-bond acceptors (Lipinski definition) is 1. The molecule has 0 aliphatic heterocycles. The van der Waals surface area contributed by atoms with E-state index in [4.69, 9.17) is 5.73 Å². The fourth-order valence-corrected chi connectivity index (χ4v) is 2.78. The Morgan fingerprint density at radius 2 is 2.06 bits per heavy atom. The van der Waals surface area contributed by atoms with E-state index < -0.39 is 0 Å². The number of rotatable bonds is 3. The van der Waals surface area contributed by atoms with Gasteiger partial charge in [0.25, 0.3) is 0 Å². The van der Waals surface area contributed by atoms with Crippen LogP contribution in [0.3, 0.4) is 0 Å². The molecule has 1 aromatic rings. The lowest BCUT2D eigenvalue weighted by Crippen LogP contribution is -2.19. The molecule has 88 valence electrons. The van der Waals surface area contributed by atoms with Crippen LogP contribution in [-0.4, -0.2) is 6.67 Å². The van der Waals surface area contributed by atoms with Crippen molar-refractivity contribution in [2.45, 2.75) is 38.1 Å². The second-order valence-electron chi connectivity index (χ2n) is 4.75. The van der Waals surface area contributed by atoms with Gasteiger partial charge >= 0.3 is 0 Å². The van der Waals surface area contributed by atoms with Crippen LogP contribution in [0.1, 0.15) is 42.7 Å². The molecule has 2 N–H and O–H groups in total. The van der Waals surface area contributed by atoms with Gasteiger partial charge in [0.05, 0.1) is 6.67 Å². The summed E-state index contributed by atoms with van der Waals surface area (Å²) in [6.07, 6.45) is 4.58. The van der Waals surface area contributed by atoms with Gasteiger partial charge in [-0.25, -0.2) is 0 Å². The van der Waals surface area contributed by atoms with Crippen LogP contribution in [0.15, 0.2) is 24.3 Å². The first-order valence-electron chi connectivity index (χ1n) is 6.20. The molecule has 2 heteroatoms. The highest BCUT2D eigenvalue weighted by molar-refractivity contribution is 5.27. The van der Waals surface area contributed by atoms with Gasteiger partial charge in [0.2, 0.25) is 0 Å². The molecule has 1 nitrogen and oxygen atoms in total. The van der Waals surface area contributed by atoms with Crippen molar-refractivity contribution in [1.29, 1.82) is 0 Å². The molecule has 0 bridgehead atoms. The fraction of sp³-hybridized carbons (Fsp3) is 0.571. The summed E-state index contributed by atoms with van der Waals surface area (Å²) in [5, 5.41) is 0. The van der Waals surface area contributed by atoms with Crippen LogP contribution in [0.25, 0.3) is 0 Å². The molecule has 16 heavy (non-hydrogen) atoms. The maximum absolute atomic E-state index is 13.0. The van der Waals surface area contributed by atoms with E-state index >= 15 is 0 Å². The lowest BCUT2D eigenvalue weighted by Gasteiger charge is -2.30. The monoisotopic (exact) mass is 221 g/mol. The van der Waals surface area contributed by atoms with Gasteiger partial charge in [-0.2, -0.15) is 0 Å². The zero-order valence-electron chi connectivity index (χ0n) is 9.66. The average molecular weight is 221 g/mol. The molecule has 0 spiro atoms. The van der Waals surface area contributed by atoms with Gasteiger partial charge in [-0.1, -0.05) is 37.1 Å². The maximum Gasteiger partial charge on any atom is 0.0928 e. The molecule has 1 aromatic carbocycles. The van der Waals surface area contributed by atoms with E-state index in [0.717, 1.165) is 18.4 Å². The first kappa shape index (κ1) is 11.6. The molecular formula is C14H20FN. The molecule has 1 fully saturated rings. The Morgan fingerprint density at radius 3 is 2.81 bits per heavy atom. The van der Waals surface area contributed by atoms with E-state index in [9.17, 15) is 4.39 Å². The Kier molecular flexibility index (Phi) is 3.94. The molecule has 0 radical (unpaired) electrons. The molecular weight excluding hydrogens is 201 g/mol. The Morgan fingerprint density at radius 1 is 1.25 bits per heavy atom. The fourth-order valence-electron chi connectivity index (χ4n) is 2.78. The predicted octanol–water partition coefficient (Wildman–Crippen LogP) is 3.39. The van der Waals surface area contributed by atoms with Crippen molar-refractivity contribution < 1.29 is 4.39 Å². The smallest absolute Gasteiger partial charge is 0.0928 e. The topological polar surface area (TPSA) is 26.0 Å². The molecule has 2 atom stereocenters. The number of alkyl halides is 1. The first-order valence-corrected chi connectivity index (χ1v) is 6.20. The van der Waals surface area contributed by atoms with Gasteiger partial charge in [-0.3, -0.25) is 4.39 Å². The van der Waals surface area contributed by atoms with E-state index in [0.29, 0.717) is 12.5 Å². The molecule has 2 rings (SSSR count). The van der Waals surface area contributed by atoms with Crippen LogP contribution in [0, 0.1) is 5.92 Å². The van der Waals surface area contributed by atoms with Gasteiger partial charge < -0.3 is 5.73 Å². The van der Waals surface area contributed by atoms with Gasteiger partial charge in [-0.15, -0.1) is 0 Å². The minimum atomic E-state index is -0.183. The predicted molar refractivity (Wildman–Crippen MR) is 65.0 cm³/mol. The van der Waals surface area contributed by atoms with Crippen LogP contribution in [0.4, 0.5) is 4.39 Å². The van der Waals surface area contributed by atoms with E-state index in [-0.39, 0.29) is 12.6 Å². The molecule has 1 saturated carbocycles. The van der Waals surface area contributed by atoms with Gasteiger partial charge in [0.15, 0.2) is 0 Å². The Bertz CT molecular complexity index is 337. The molecule has 2 unspecified atom stereocenters. The van der Waals surface area contributed by atoms with Crippen molar-refractivity contribution in [3.8, 4) is 0 Å². The zero-order chi connectivity index (χ0) is 11.4. The van der Waals surface area contributed by atoms with Crippen molar-refractivity contribution in [2.75, 3.05) is 6.67 Å². The summed E-state index contributed by atoms with van der Waals surface area (Å²) in [6.45, 7) is 0.387. The number of benzene rings is 1. The molecule has 0 amide bonds. The maximum atomic E-state index is 13.0. The van der Waals surface area contributed by atoms with Crippen LogP contribution < -0.4 is 5.73 Å². The van der Waals surface area contributed by atoms with Crippen molar-refractivity contribution in [3.05, 3.63) is 35.4 Å². The average Bonchev–Trinajstić information content (AvgIpc) is 2.38. The number of hydrogen-bond donors (Lipinski definition) is 1. The molecule has 1 aliphatic carbocycles. The number of halogens is 1. The summed E-state index contributed by atoms with van der Waals surface area (Å²) in [5.41, 5.74) is 8.08. The lowest BCUT2D eigenvalue weighted by atomic mass is 9.76. The summed E-state index contributed by atoms with van der Waals surface area (Å²) in [4.78, 5) is 0. The van der Waals surface area contributed by atoms with Gasteiger partial charge in [0.1, 0.15) is 0 Å². The van der Waals surface area contributed by atoms with Crippen LogP contribution >= 0.6 is 0 Å². The van der Waals surface area contributed by atoms with E-state index in [1.807, 2.05) is 12.1 Å². The normalized spacial score (nSPS) is 25.6. The van der Waals surface area contributed by atoms with Crippen LogP contribution in [0.2, 0.25) is 0 Å². The van der Waals surface area contributed by atoms with Gasteiger partial charge in [0, 0.05) is 6.54 Å². The van der Waals surface area contributed by atoms with Gasteiger partial charge in [-0.05, 0) is 35.8 Å². The second-order valence-corrected chi connectivity index (χ2v) is 4.75. The van der Waals surface area contributed by atoms with Crippen LogP contribution in [0.5, 0.6) is 0 Å². The Balaban J connectivity index is 2.20. The Hall–Kier alpha value is -0.890. The van der Waals surface area contributed by atoms with E-state index in [1.165, 1.54) is 18.4 Å². The highest BCUT2D eigenvalue weighted by atomic mass is 19.1. The minimum Gasteiger partial charge on any atom is -0.326 e. The second kappa shape index (κ2) is 5.44. The van der Waals surface area contributed by atoms with E-state index in [2.05, 4.69) is 12.1 Å². The first-order chi connectivity index (χ1) is 7.85. The zero-order valence-corrected chi connectivity index (χ0v) is 9.66. The summed E-state index contributed by atoms with van der Waals surface area (Å²) in [5.74, 6) is 0.632. The highest BCUT2D eigenvalue weighted by Crippen LogP contribution is 2.38. The molecule has 0 heterocycles. The van der Waals surface area contributed by atoms with Crippen molar-refractivity contribution in [2.24, 2.45) is 11.7 Å². The van der Waals surface area contributed by atoms with E-state index in [1.54, 1.807) is 0 Å². The summed E-state index contributed by atoms with van der Waals surface area (Å²) < 4.78 is 13.0. The number of nitrogens with two attached hydrogens (primary N) is 1. The van der Waals surface area contributed by atoms with Crippen LogP contribution in [-0.2, 0) is 6.54 Å². The Labute approximate surface area is 96.9 Å². The minimum absolute atomic E-state index is 0.183. The molecule has 0 saturated heterocycles. The summed E-state index contributed by atoms with van der Waals surface area (Å²) >= 11 is 0. The quantitative estimate of drug-likeness (QED) is 0.832. The van der Waals surface area contributed by atoms with Crippen molar-refractivity contribution in [3.63, 3.8) is 0 Å². The largest absolute Gasteiger partial charge is 0.326 e. The third-order valence-electron chi connectivity index (χ3n) is 3.72. The standard InChI is InChI=1S/C14H20FN/c15-9-13-5-1-2-7-14(13)12-6-3-4-11(8-12)10-16/h3-4,6,8,13-14H,1-2,5,7,9-10,16H2. The van der Waals surface area contributed by atoms with Crippen molar-refractivity contribution in [1.82, 2.24) is 0 Å². The molecule has 0 aromatic heterocycles. The molecule has 1 aliphatic rings. The highest BCUT2D eigenvalue weighted by Gasteiger charge is 2.26. The third-order valence-corrected chi connectivity index (χ3v) is 3.72. The van der Waals surface area contributed by atoms with Crippen molar-refractivity contribution >= 4 is 0 Å². The summed E-state index contributed by atoms with van der Waals surface area (Å²) in [7, 11) is 0.